The number of nitro groups is 2. The van der Waals surface area contributed by atoms with E-state index in [2.05, 4.69) is 0 Å². The first-order valence-corrected chi connectivity index (χ1v) is 8.99. The van der Waals surface area contributed by atoms with E-state index in [9.17, 15) is 34.9 Å². The zero-order chi connectivity index (χ0) is 20.1. The number of carboxylic acid groups (broad SMARTS) is 2. The number of benzene rings is 1. The van der Waals surface area contributed by atoms with Crippen molar-refractivity contribution in [3.05, 3.63) is 56.1 Å². The highest BCUT2D eigenvalue weighted by molar-refractivity contribution is 8.77. The lowest BCUT2D eigenvalue weighted by molar-refractivity contribution is -0.658. The molecule has 0 aliphatic rings. The van der Waals surface area contributed by atoms with Crippen molar-refractivity contribution in [2.24, 2.45) is 11.5 Å². The van der Waals surface area contributed by atoms with E-state index in [1.807, 2.05) is 0 Å². The summed E-state index contributed by atoms with van der Waals surface area (Å²) in [4.78, 5) is 40.1. The molecule has 1 aromatic rings. The second-order valence-corrected chi connectivity index (χ2v) is 7.44. The minimum absolute atomic E-state index is 0.166. The van der Waals surface area contributed by atoms with E-state index in [1.54, 1.807) is 0 Å². The Balaban J connectivity index is 3.53. The maximum atomic E-state index is 11.9. The smallest absolute Gasteiger partial charge is 0.452 e. The van der Waals surface area contributed by atoms with Gasteiger partial charge in [-0.05, 0) is 0 Å². The summed E-state index contributed by atoms with van der Waals surface area (Å²) in [7, 11) is 0.669. The van der Waals surface area contributed by atoms with Gasteiger partial charge >= 0.3 is 22.5 Å². The summed E-state index contributed by atoms with van der Waals surface area (Å²) >= 11 is 0. The summed E-state index contributed by atoms with van der Waals surface area (Å²) < 4.78 is 0. The average molecular weight is 406 g/mol. The molecule has 0 spiro atoms. The lowest BCUT2D eigenvalue weighted by Gasteiger charge is -2.30. The van der Waals surface area contributed by atoms with Crippen LogP contribution in [-0.2, 0) is 14.5 Å². The van der Waals surface area contributed by atoms with Gasteiger partial charge in [0.15, 0.2) is 0 Å². The molecule has 0 aliphatic heterocycles. The Labute approximate surface area is 153 Å². The van der Waals surface area contributed by atoms with Crippen LogP contribution < -0.4 is 11.5 Å². The van der Waals surface area contributed by atoms with Crippen LogP contribution >= 0.6 is 21.6 Å². The molecule has 0 aliphatic carbocycles. The molecule has 0 heterocycles. The van der Waals surface area contributed by atoms with Crippen molar-refractivity contribution in [3.63, 3.8) is 0 Å². The summed E-state index contributed by atoms with van der Waals surface area (Å²) in [6.45, 7) is 0. The second kappa shape index (κ2) is 8.31. The molecule has 14 heteroatoms. The molecule has 0 aromatic heterocycles. The number of nitrogens with two attached hydrogens (primary N) is 2. The fraction of sp³-hybridized carbons (Fsp3) is 0.333. The normalized spacial score (nSPS) is 16.7. The maximum absolute atomic E-state index is 11.9. The van der Waals surface area contributed by atoms with Gasteiger partial charge in [-0.2, -0.15) is 0 Å². The quantitative estimate of drug-likeness (QED) is 0.174. The van der Waals surface area contributed by atoms with Gasteiger partial charge in [0, 0.05) is 16.5 Å². The van der Waals surface area contributed by atoms with Crippen molar-refractivity contribution in [1.82, 2.24) is 0 Å². The Morgan fingerprint density at radius 1 is 1.15 bits per heavy atom. The Morgan fingerprint density at radius 3 is 2.08 bits per heavy atom. The number of rotatable bonds is 10. The van der Waals surface area contributed by atoms with E-state index in [0.717, 1.165) is 12.1 Å². The molecule has 3 unspecified atom stereocenters. The van der Waals surface area contributed by atoms with Gasteiger partial charge in [0.05, 0.1) is 15.4 Å². The van der Waals surface area contributed by atoms with E-state index in [0.29, 0.717) is 10.8 Å². The Kier molecular flexibility index (Phi) is 6.91. The predicted octanol–water partition coefficient (Wildman–Crippen LogP) is -0.0743. The van der Waals surface area contributed by atoms with Gasteiger partial charge in [0.2, 0.25) is 0 Å². The first-order valence-electron chi connectivity index (χ1n) is 6.67. The Morgan fingerprint density at radius 2 is 1.69 bits per heavy atom. The van der Waals surface area contributed by atoms with E-state index >= 15 is 0 Å². The summed E-state index contributed by atoms with van der Waals surface area (Å²) in [5.74, 6) is -4.00. The van der Waals surface area contributed by atoms with Gasteiger partial charge in [-0.3, -0.25) is 25.0 Å². The summed E-state index contributed by atoms with van der Waals surface area (Å²) in [5.41, 5.74) is 6.88. The van der Waals surface area contributed by atoms with Crippen LogP contribution in [0.5, 0.6) is 0 Å². The van der Waals surface area contributed by atoms with Crippen molar-refractivity contribution in [3.8, 4) is 0 Å². The molecule has 0 fully saturated rings. The predicted molar refractivity (Wildman–Crippen MR) is 92.3 cm³/mol. The monoisotopic (exact) mass is 406 g/mol. The third-order valence-electron chi connectivity index (χ3n) is 3.30. The highest BCUT2D eigenvalue weighted by Gasteiger charge is 2.76. The number of nitrogens with zero attached hydrogens (tertiary/aromatic N) is 2. The third-order valence-corrected chi connectivity index (χ3v) is 6.33. The third kappa shape index (κ3) is 3.72. The molecule has 0 saturated heterocycles. The lowest BCUT2D eigenvalue weighted by atomic mass is 9.93. The van der Waals surface area contributed by atoms with Crippen molar-refractivity contribution >= 4 is 33.5 Å². The van der Waals surface area contributed by atoms with Crippen LogP contribution in [0.3, 0.4) is 0 Å². The van der Waals surface area contributed by atoms with E-state index in [1.165, 1.54) is 18.2 Å². The second-order valence-electron chi connectivity index (χ2n) is 4.91. The van der Waals surface area contributed by atoms with Crippen LogP contribution in [-0.4, -0.2) is 49.5 Å². The SMILES string of the molecule is NC(CSSC(c1ccccc1)([N+](=O)[O-])C(N)(C(=O)O)[N+](=O)[O-])C(=O)O. The average Bonchev–Trinajstić information content (AvgIpc) is 2.57. The zero-order valence-electron chi connectivity index (χ0n) is 12.9. The molecule has 6 N–H and O–H groups in total. The number of carbonyl (C=O) groups is 2. The fourth-order valence-electron chi connectivity index (χ4n) is 1.88. The number of hydrogen-bond acceptors (Lipinski definition) is 10. The molecule has 0 amide bonds. The topological polar surface area (TPSA) is 213 Å². The molecular weight excluding hydrogens is 392 g/mol. The lowest BCUT2D eigenvalue weighted by Crippen LogP contribution is -2.69. The summed E-state index contributed by atoms with van der Waals surface area (Å²) in [6, 6.07) is 4.95. The molecule has 1 aromatic carbocycles. The number of hydrogen-bond donors (Lipinski definition) is 4. The van der Waals surface area contributed by atoms with Crippen molar-refractivity contribution in [2.45, 2.75) is 16.6 Å². The molecule has 3 atom stereocenters. The standard InChI is InChI=1S/C12H14N4O8S2/c13-8(9(17)18)6-25-26-12(16(23)24,7-4-2-1-3-5-7)11(14,10(19)20)15(21)22/h1-5,8H,6,13-14H2,(H,17,18)(H,19,20). The van der Waals surface area contributed by atoms with Crippen LogP contribution in [0.15, 0.2) is 30.3 Å². The molecule has 26 heavy (non-hydrogen) atoms. The highest BCUT2D eigenvalue weighted by atomic mass is 33.1. The molecular formula is C12H14N4O8S2. The van der Waals surface area contributed by atoms with Gasteiger partial charge in [-0.15, -0.1) is 0 Å². The largest absolute Gasteiger partial charge is 0.480 e. The van der Waals surface area contributed by atoms with Crippen LogP contribution in [0.2, 0.25) is 0 Å². The maximum Gasteiger partial charge on any atom is 0.452 e. The molecule has 0 radical (unpaired) electrons. The number of aliphatic carboxylic acids is 2. The summed E-state index contributed by atoms with van der Waals surface area (Å²) in [5, 5.41) is 41.4. The molecule has 12 nitrogen and oxygen atoms in total. The molecule has 0 bridgehead atoms. The molecule has 142 valence electrons. The van der Waals surface area contributed by atoms with Crippen LogP contribution in [0.1, 0.15) is 5.56 Å². The fourth-order valence-corrected chi connectivity index (χ4v) is 5.00. The van der Waals surface area contributed by atoms with Gasteiger partial charge in [-0.1, -0.05) is 41.1 Å². The molecule has 1 rings (SSSR count). The molecule has 0 saturated carbocycles. The zero-order valence-corrected chi connectivity index (χ0v) is 14.5. The van der Waals surface area contributed by atoms with Crippen LogP contribution in [0, 0.1) is 20.2 Å². The van der Waals surface area contributed by atoms with Gasteiger partial charge in [0.25, 0.3) is 0 Å². The van der Waals surface area contributed by atoms with Gasteiger partial charge in [0.1, 0.15) is 6.04 Å². The summed E-state index contributed by atoms with van der Waals surface area (Å²) in [6.07, 6.45) is 0. The first kappa shape index (κ1) is 21.6. The van der Waals surface area contributed by atoms with Crippen LogP contribution in [0.4, 0.5) is 0 Å². The minimum Gasteiger partial charge on any atom is -0.480 e. The van der Waals surface area contributed by atoms with Crippen molar-refractivity contribution in [2.75, 3.05) is 5.75 Å². The van der Waals surface area contributed by atoms with Crippen molar-refractivity contribution in [1.29, 1.82) is 0 Å². The van der Waals surface area contributed by atoms with E-state index in [4.69, 9.17) is 16.6 Å². The highest BCUT2D eigenvalue weighted by Crippen LogP contribution is 2.51. The minimum atomic E-state index is -3.54. The van der Waals surface area contributed by atoms with E-state index in [-0.39, 0.29) is 22.1 Å². The van der Waals surface area contributed by atoms with E-state index < -0.39 is 38.4 Å². The van der Waals surface area contributed by atoms with Crippen LogP contribution in [0.25, 0.3) is 0 Å². The number of carboxylic acids is 2. The Bertz CT molecular complexity index is 704. The van der Waals surface area contributed by atoms with Crippen molar-refractivity contribution < 1.29 is 29.6 Å². The Hall–Kier alpha value is -2.42. The first-order chi connectivity index (χ1) is 12.0. The van der Waals surface area contributed by atoms with Gasteiger partial charge < -0.3 is 15.9 Å². The van der Waals surface area contributed by atoms with Gasteiger partial charge in [-0.25, -0.2) is 10.5 Å².